The molecule has 0 fully saturated rings. The molecule has 0 spiro atoms. The standard InChI is InChI=1S/C62H66N10O10/c1-3-81-61(79)45(35-39-73)29-23-43-25-31-47(32-26-43)65-55(77)41-63-53(75)21-9-5-7-15-37-71-59-51-19-13-11-17-49(51)58-60(52-20-14-12-18-50(52)57(59)67-69-71)72(70-68-58)38-16-8-6-10-22-54(76)64-42-56(78)66-48-33-27-44(28-34-48)24-30-46(36-40-74)62(80)82-4-2/h11-14,17-20,23-36,39-40H,3-10,15-16,21-22,37-38,41-42H2,1-2H3,(H,63,75)(H,64,76)(H,65,77)(H,66,78)/b29-23+,30-24+,45-35+,46-36+,57-50?,58-49?,59-51?,60-52?. The third kappa shape index (κ3) is 17.1. The lowest BCUT2D eigenvalue weighted by Gasteiger charge is -2.18. The number of aromatic nitrogens is 6. The van der Waals surface area contributed by atoms with E-state index in [0.717, 1.165) is 107 Å². The Hall–Kier alpha value is -9.72. The number of ether oxygens (including phenoxy) is 2. The summed E-state index contributed by atoms with van der Waals surface area (Å²) in [6, 6.07) is 29.9. The van der Waals surface area contributed by atoms with Crippen molar-refractivity contribution in [2.24, 2.45) is 0 Å². The molecule has 1 aliphatic rings. The lowest BCUT2D eigenvalue weighted by Crippen LogP contribution is -2.32. The largest absolute Gasteiger partial charge is 0.462 e. The van der Waals surface area contributed by atoms with Crippen molar-refractivity contribution in [3.63, 3.8) is 0 Å². The molecule has 0 unspecified atom stereocenters. The fourth-order valence-electron chi connectivity index (χ4n) is 9.06. The molecule has 20 heteroatoms. The minimum Gasteiger partial charge on any atom is -0.462 e. The Balaban J connectivity index is 0.833. The third-order valence-corrected chi connectivity index (χ3v) is 13.1. The summed E-state index contributed by atoms with van der Waals surface area (Å²) >= 11 is 0. The lowest BCUT2D eigenvalue weighted by atomic mass is 9.89. The summed E-state index contributed by atoms with van der Waals surface area (Å²) in [6.45, 7) is 4.58. The number of anilines is 2. The first kappa shape index (κ1) is 59.9. The first-order chi connectivity index (χ1) is 40.0. The maximum absolute atomic E-state index is 12.7. The Morgan fingerprint density at radius 1 is 0.476 bits per heavy atom. The van der Waals surface area contributed by atoms with E-state index >= 15 is 0 Å². The van der Waals surface area contributed by atoms with Crippen LogP contribution in [-0.2, 0) is 60.9 Å². The van der Waals surface area contributed by atoms with Gasteiger partial charge in [0.05, 0.1) is 48.8 Å². The summed E-state index contributed by atoms with van der Waals surface area (Å²) in [5.74, 6) is -2.37. The number of amides is 4. The fourth-order valence-corrected chi connectivity index (χ4v) is 9.06. The second-order valence-corrected chi connectivity index (χ2v) is 19.0. The van der Waals surface area contributed by atoms with Crippen LogP contribution in [0.2, 0.25) is 0 Å². The lowest BCUT2D eigenvalue weighted by molar-refractivity contribution is -0.139. The highest BCUT2D eigenvalue weighted by molar-refractivity contribution is 6.00. The maximum atomic E-state index is 12.7. The Bertz CT molecular complexity index is 3130. The fraction of sp³-hybridized carbons (Fsp3) is 0.290. The van der Waals surface area contributed by atoms with Gasteiger partial charge >= 0.3 is 11.9 Å². The number of carbonyl (C=O) groups excluding carboxylic acids is 8. The van der Waals surface area contributed by atoms with Crippen LogP contribution in [0.4, 0.5) is 11.4 Å². The van der Waals surface area contributed by atoms with Crippen molar-refractivity contribution in [3.8, 4) is 45.0 Å². The molecule has 424 valence electrons. The average Bonchev–Trinajstić information content (AvgIpc) is 2.71. The number of aldehydes is 2. The normalized spacial score (nSPS) is 11.8. The van der Waals surface area contributed by atoms with Gasteiger partial charge in [-0.15, -0.1) is 10.2 Å². The van der Waals surface area contributed by atoms with Crippen molar-refractivity contribution in [3.05, 3.63) is 144 Å². The Morgan fingerprint density at radius 3 is 1.23 bits per heavy atom. The summed E-state index contributed by atoms with van der Waals surface area (Å²) in [7, 11) is 0. The molecular formula is C62H66N10O10. The van der Waals surface area contributed by atoms with Gasteiger partial charge in [-0.05, 0) is 99.2 Å². The van der Waals surface area contributed by atoms with Crippen molar-refractivity contribution in [2.45, 2.75) is 91.1 Å². The van der Waals surface area contributed by atoms with Crippen LogP contribution in [0.3, 0.4) is 0 Å². The molecule has 0 saturated heterocycles. The maximum Gasteiger partial charge on any atom is 0.338 e. The molecule has 7 rings (SSSR count). The third-order valence-electron chi connectivity index (χ3n) is 13.1. The van der Waals surface area contributed by atoms with Crippen LogP contribution < -0.4 is 21.3 Å². The number of aryl methyl sites for hydroxylation is 2. The highest BCUT2D eigenvalue weighted by Crippen LogP contribution is 2.46. The van der Waals surface area contributed by atoms with E-state index in [-0.39, 0.29) is 73.9 Å². The van der Waals surface area contributed by atoms with Gasteiger partial charge in [0.2, 0.25) is 23.6 Å². The number of carbonyl (C=O) groups is 8. The van der Waals surface area contributed by atoms with E-state index in [0.29, 0.717) is 49.9 Å². The van der Waals surface area contributed by atoms with Crippen LogP contribution in [0.5, 0.6) is 0 Å². The smallest absolute Gasteiger partial charge is 0.338 e. The van der Waals surface area contributed by atoms with E-state index in [2.05, 4.69) is 43.8 Å². The number of fused-ring (bicyclic) bond motifs is 8. The number of unbranched alkanes of at least 4 members (excludes halogenated alkanes) is 6. The average molecular weight is 1110 g/mol. The van der Waals surface area contributed by atoms with Crippen molar-refractivity contribution >= 4 is 71.7 Å². The Labute approximate surface area is 475 Å². The molecule has 0 radical (unpaired) electrons. The van der Waals surface area contributed by atoms with Gasteiger partial charge in [-0.25, -0.2) is 19.0 Å². The summed E-state index contributed by atoms with van der Waals surface area (Å²) in [4.78, 5) is 96.5. The number of nitrogens with zero attached hydrogens (tertiary/aromatic N) is 6. The quantitative estimate of drug-likeness (QED) is 0.0108. The minimum absolute atomic E-state index is 0.115. The summed E-state index contributed by atoms with van der Waals surface area (Å²) < 4.78 is 13.8. The highest BCUT2D eigenvalue weighted by Gasteiger charge is 2.30. The van der Waals surface area contributed by atoms with Crippen LogP contribution in [0.1, 0.15) is 89.2 Å². The first-order valence-electron chi connectivity index (χ1n) is 27.4. The van der Waals surface area contributed by atoms with Crippen LogP contribution in [-0.4, -0.2) is 104 Å². The second kappa shape index (κ2) is 31.2. The van der Waals surface area contributed by atoms with Crippen LogP contribution in [0.15, 0.2) is 133 Å². The van der Waals surface area contributed by atoms with E-state index in [9.17, 15) is 38.4 Å². The molecular weight excluding hydrogens is 1040 g/mol. The number of esters is 2. The van der Waals surface area contributed by atoms with Crippen molar-refractivity contribution in [1.29, 1.82) is 0 Å². The minimum atomic E-state index is -0.602. The summed E-state index contributed by atoms with van der Waals surface area (Å²) in [5.41, 5.74) is 9.78. The van der Waals surface area contributed by atoms with Crippen LogP contribution in [0.25, 0.3) is 57.2 Å². The van der Waals surface area contributed by atoms with Gasteiger partial charge in [0, 0.05) is 59.6 Å². The molecule has 1 aliphatic carbocycles. The molecule has 0 atom stereocenters. The molecule has 0 aliphatic heterocycles. The molecule has 0 saturated carbocycles. The molecule has 4 amide bonds. The van der Waals surface area contributed by atoms with Gasteiger partial charge in [0.1, 0.15) is 24.0 Å². The zero-order valence-electron chi connectivity index (χ0n) is 45.9. The molecule has 20 nitrogen and oxygen atoms in total. The van der Waals surface area contributed by atoms with E-state index in [1.165, 1.54) is 12.2 Å². The van der Waals surface area contributed by atoms with E-state index < -0.39 is 11.9 Å². The van der Waals surface area contributed by atoms with Gasteiger partial charge < -0.3 is 30.7 Å². The Morgan fingerprint density at radius 2 is 0.854 bits per heavy atom. The predicted octanol–water partition coefficient (Wildman–Crippen LogP) is 8.67. The molecule has 4 aromatic carbocycles. The molecule has 6 aromatic rings. The van der Waals surface area contributed by atoms with Crippen molar-refractivity contribution < 1.29 is 47.8 Å². The van der Waals surface area contributed by atoms with Crippen molar-refractivity contribution in [2.75, 3.05) is 36.9 Å². The summed E-state index contributed by atoms with van der Waals surface area (Å²) in [6.07, 6.45) is 16.3. The zero-order valence-corrected chi connectivity index (χ0v) is 45.9. The van der Waals surface area contributed by atoms with Gasteiger partial charge in [-0.1, -0.05) is 121 Å². The number of rotatable bonds is 30. The van der Waals surface area contributed by atoms with E-state index in [4.69, 9.17) is 19.7 Å². The molecule has 0 bridgehead atoms. The molecule has 2 aromatic heterocycles. The monoisotopic (exact) mass is 1110 g/mol. The number of allylic oxidation sites excluding steroid dienone is 2. The second-order valence-electron chi connectivity index (χ2n) is 19.0. The van der Waals surface area contributed by atoms with Crippen LogP contribution >= 0.6 is 0 Å². The number of benzene rings is 4. The SMILES string of the molecule is CCOC(=O)C(/C=C/c1ccc(NC(=O)CNC(=O)CCCCCCn2nnc3c2-c2ccccc2-c2nnn(CCCCCCC(=O)NCC(=O)Nc4ccc(/C=C/C(=C\C=O)C(=O)OCC)cc4)c2-c2ccccc2-3)cc1)=C/C=O. The topological polar surface area (TPSA) is 265 Å². The summed E-state index contributed by atoms with van der Waals surface area (Å²) in [5, 5.41) is 29.8. The van der Waals surface area contributed by atoms with Gasteiger partial charge in [-0.2, -0.15) is 0 Å². The van der Waals surface area contributed by atoms with Gasteiger partial charge in [0.25, 0.3) is 0 Å². The predicted molar refractivity (Wildman–Crippen MR) is 311 cm³/mol. The highest BCUT2D eigenvalue weighted by atomic mass is 16.5. The van der Waals surface area contributed by atoms with Crippen molar-refractivity contribution in [1.82, 2.24) is 40.6 Å². The molecule has 4 N–H and O–H groups in total. The molecule has 2 heterocycles. The zero-order chi connectivity index (χ0) is 58.1. The van der Waals surface area contributed by atoms with Crippen LogP contribution in [0, 0.1) is 0 Å². The van der Waals surface area contributed by atoms with E-state index in [1.807, 2.05) is 45.8 Å². The number of hydrogen-bond acceptors (Lipinski definition) is 14. The van der Waals surface area contributed by atoms with E-state index in [1.54, 1.807) is 74.5 Å². The number of nitrogens with one attached hydrogen (secondary N) is 4. The first-order valence-corrected chi connectivity index (χ1v) is 27.4. The van der Waals surface area contributed by atoms with Gasteiger partial charge in [0.15, 0.2) is 0 Å². The number of hydrogen-bond donors (Lipinski definition) is 4. The van der Waals surface area contributed by atoms with Gasteiger partial charge in [-0.3, -0.25) is 28.8 Å². The molecule has 82 heavy (non-hydrogen) atoms. The Kier molecular flexibility index (Phi) is 22.8.